The minimum absolute atomic E-state index is 0.146. The first-order valence-electron chi connectivity index (χ1n) is 4.56. The van der Waals surface area contributed by atoms with E-state index in [1.807, 2.05) is 0 Å². The van der Waals surface area contributed by atoms with E-state index in [-0.39, 0.29) is 12.7 Å². The van der Waals surface area contributed by atoms with E-state index >= 15 is 0 Å². The third kappa shape index (κ3) is 4.30. The van der Waals surface area contributed by atoms with Gasteiger partial charge < -0.3 is 14.2 Å². The van der Waals surface area contributed by atoms with Gasteiger partial charge in [-0.3, -0.25) is 0 Å². The summed E-state index contributed by atoms with van der Waals surface area (Å²) >= 11 is 0. The molecule has 1 unspecified atom stereocenters. The molecule has 1 saturated heterocycles. The van der Waals surface area contributed by atoms with E-state index in [1.165, 1.54) is 0 Å². The zero-order chi connectivity index (χ0) is 10.8. The molecule has 84 valence electrons. The van der Waals surface area contributed by atoms with Crippen LogP contribution in [0.2, 0.25) is 0 Å². The van der Waals surface area contributed by atoms with Crippen LogP contribution < -0.4 is 0 Å². The van der Waals surface area contributed by atoms with Crippen molar-refractivity contribution in [3.63, 3.8) is 0 Å². The standard InChI is InChI=1S/C9H16F2O3/c1-8(2)13-5-7(14-8)4-12-6-9(3,10)11/h7H,4-6H2,1-3H3. The van der Waals surface area contributed by atoms with Crippen molar-refractivity contribution in [3.05, 3.63) is 0 Å². The van der Waals surface area contributed by atoms with E-state index in [9.17, 15) is 8.78 Å². The Morgan fingerprint density at radius 1 is 1.50 bits per heavy atom. The van der Waals surface area contributed by atoms with Crippen LogP contribution in [0.1, 0.15) is 20.8 Å². The Kier molecular flexibility index (Phi) is 3.44. The second kappa shape index (κ2) is 4.08. The van der Waals surface area contributed by atoms with Crippen LogP contribution in [0.25, 0.3) is 0 Å². The van der Waals surface area contributed by atoms with Crippen molar-refractivity contribution < 1.29 is 23.0 Å². The maximum Gasteiger partial charge on any atom is 0.268 e. The van der Waals surface area contributed by atoms with E-state index in [0.29, 0.717) is 6.61 Å². The molecule has 0 aliphatic carbocycles. The van der Waals surface area contributed by atoms with Crippen LogP contribution in [0.5, 0.6) is 0 Å². The first kappa shape index (κ1) is 11.8. The molecule has 1 heterocycles. The smallest absolute Gasteiger partial charge is 0.268 e. The summed E-state index contributed by atoms with van der Waals surface area (Å²) in [4.78, 5) is 0. The van der Waals surface area contributed by atoms with Crippen molar-refractivity contribution in [1.82, 2.24) is 0 Å². The predicted molar refractivity (Wildman–Crippen MR) is 46.3 cm³/mol. The first-order valence-corrected chi connectivity index (χ1v) is 4.56. The number of hydrogen-bond acceptors (Lipinski definition) is 3. The highest BCUT2D eigenvalue weighted by Crippen LogP contribution is 2.22. The zero-order valence-corrected chi connectivity index (χ0v) is 8.68. The fourth-order valence-electron chi connectivity index (χ4n) is 1.21. The minimum Gasteiger partial charge on any atom is -0.372 e. The lowest BCUT2D eigenvalue weighted by atomic mass is 10.4. The van der Waals surface area contributed by atoms with E-state index < -0.39 is 18.3 Å². The molecule has 0 amide bonds. The van der Waals surface area contributed by atoms with E-state index in [4.69, 9.17) is 14.2 Å². The molecule has 14 heavy (non-hydrogen) atoms. The van der Waals surface area contributed by atoms with E-state index in [0.717, 1.165) is 6.92 Å². The first-order chi connectivity index (χ1) is 6.29. The van der Waals surface area contributed by atoms with Gasteiger partial charge in [-0.25, -0.2) is 8.78 Å². The third-order valence-corrected chi connectivity index (χ3v) is 1.73. The predicted octanol–water partition coefficient (Wildman–Crippen LogP) is 1.81. The van der Waals surface area contributed by atoms with E-state index in [1.54, 1.807) is 13.8 Å². The molecule has 0 aromatic rings. The second-order valence-electron chi connectivity index (χ2n) is 4.04. The largest absolute Gasteiger partial charge is 0.372 e. The van der Waals surface area contributed by atoms with Gasteiger partial charge in [0.25, 0.3) is 5.92 Å². The molecule has 0 saturated carbocycles. The Labute approximate surface area is 82.3 Å². The fourth-order valence-corrected chi connectivity index (χ4v) is 1.21. The maximum absolute atomic E-state index is 12.4. The average molecular weight is 210 g/mol. The topological polar surface area (TPSA) is 27.7 Å². The molecule has 1 rings (SSSR count). The van der Waals surface area contributed by atoms with Crippen molar-refractivity contribution in [2.75, 3.05) is 19.8 Å². The Bertz CT molecular complexity index is 189. The summed E-state index contributed by atoms with van der Waals surface area (Å²) in [6, 6.07) is 0. The average Bonchev–Trinajstić information content (AvgIpc) is 2.27. The summed E-state index contributed by atoms with van der Waals surface area (Å²) in [5, 5.41) is 0. The van der Waals surface area contributed by atoms with Gasteiger partial charge in [0, 0.05) is 6.92 Å². The molecule has 0 radical (unpaired) electrons. The Morgan fingerprint density at radius 3 is 2.57 bits per heavy atom. The maximum atomic E-state index is 12.4. The summed E-state index contributed by atoms with van der Waals surface area (Å²) in [6.07, 6.45) is -0.243. The Hall–Kier alpha value is -0.260. The van der Waals surface area contributed by atoms with Crippen LogP contribution in [0, 0.1) is 0 Å². The monoisotopic (exact) mass is 210 g/mol. The van der Waals surface area contributed by atoms with Gasteiger partial charge in [0.05, 0.1) is 13.2 Å². The van der Waals surface area contributed by atoms with Gasteiger partial charge in [0.15, 0.2) is 5.79 Å². The molecule has 3 nitrogen and oxygen atoms in total. The van der Waals surface area contributed by atoms with Crippen LogP contribution in [-0.2, 0) is 14.2 Å². The van der Waals surface area contributed by atoms with Gasteiger partial charge in [-0.1, -0.05) is 0 Å². The van der Waals surface area contributed by atoms with Crippen molar-refractivity contribution in [3.8, 4) is 0 Å². The Balaban J connectivity index is 2.15. The van der Waals surface area contributed by atoms with Crippen molar-refractivity contribution in [1.29, 1.82) is 0 Å². The summed E-state index contributed by atoms with van der Waals surface area (Å²) in [6.45, 7) is 4.34. The molecule has 0 spiro atoms. The number of hydrogen-bond donors (Lipinski definition) is 0. The third-order valence-electron chi connectivity index (χ3n) is 1.73. The zero-order valence-electron chi connectivity index (χ0n) is 8.68. The molecule has 1 atom stereocenters. The summed E-state index contributed by atoms with van der Waals surface area (Å²) < 4.78 is 40.1. The van der Waals surface area contributed by atoms with Gasteiger partial charge in [-0.05, 0) is 13.8 Å². The molecule has 0 aromatic carbocycles. The molecule has 0 aromatic heterocycles. The highest BCUT2D eigenvalue weighted by atomic mass is 19.3. The number of alkyl halides is 2. The van der Waals surface area contributed by atoms with Crippen LogP contribution in [0.15, 0.2) is 0 Å². The molecular formula is C9H16F2O3. The van der Waals surface area contributed by atoms with Crippen molar-refractivity contribution >= 4 is 0 Å². The summed E-state index contributed by atoms with van der Waals surface area (Å²) in [5.41, 5.74) is 0. The molecule has 0 N–H and O–H groups in total. The van der Waals surface area contributed by atoms with Crippen LogP contribution in [0.4, 0.5) is 8.78 Å². The van der Waals surface area contributed by atoms with Crippen LogP contribution in [-0.4, -0.2) is 37.6 Å². The van der Waals surface area contributed by atoms with Crippen molar-refractivity contribution in [2.24, 2.45) is 0 Å². The Morgan fingerprint density at radius 2 is 2.14 bits per heavy atom. The summed E-state index contributed by atoms with van der Waals surface area (Å²) in [5.74, 6) is -3.41. The fraction of sp³-hybridized carbons (Fsp3) is 1.00. The normalized spacial score (nSPS) is 26.8. The lowest BCUT2D eigenvalue weighted by Gasteiger charge is -2.17. The molecule has 1 aliphatic heterocycles. The quantitative estimate of drug-likeness (QED) is 0.708. The minimum atomic E-state index is -2.78. The number of ether oxygens (including phenoxy) is 3. The van der Waals surface area contributed by atoms with Gasteiger partial charge >= 0.3 is 0 Å². The molecule has 1 fully saturated rings. The van der Waals surface area contributed by atoms with Crippen molar-refractivity contribution in [2.45, 2.75) is 38.6 Å². The molecule has 5 heteroatoms. The van der Waals surface area contributed by atoms with Gasteiger partial charge in [0.1, 0.15) is 12.7 Å². The van der Waals surface area contributed by atoms with Gasteiger partial charge in [-0.2, -0.15) is 0 Å². The highest BCUT2D eigenvalue weighted by Gasteiger charge is 2.33. The van der Waals surface area contributed by atoms with Gasteiger partial charge in [-0.15, -0.1) is 0 Å². The molecular weight excluding hydrogens is 194 g/mol. The molecule has 0 bridgehead atoms. The molecule has 1 aliphatic rings. The number of halogens is 2. The van der Waals surface area contributed by atoms with Crippen LogP contribution in [0.3, 0.4) is 0 Å². The van der Waals surface area contributed by atoms with Gasteiger partial charge in [0.2, 0.25) is 0 Å². The lowest BCUT2D eigenvalue weighted by Crippen LogP contribution is -2.27. The van der Waals surface area contributed by atoms with E-state index in [2.05, 4.69) is 0 Å². The second-order valence-corrected chi connectivity index (χ2v) is 4.04. The lowest BCUT2D eigenvalue weighted by molar-refractivity contribution is -0.150. The summed E-state index contributed by atoms with van der Waals surface area (Å²) in [7, 11) is 0. The SMILES string of the molecule is CC(F)(F)COCC1COC(C)(C)O1. The number of rotatable bonds is 4. The van der Waals surface area contributed by atoms with Crippen LogP contribution >= 0.6 is 0 Å². The highest BCUT2D eigenvalue weighted by molar-refractivity contribution is 4.70.